The Balaban J connectivity index is 2.69. The van der Waals surface area contributed by atoms with Gasteiger partial charge in [-0.3, -0.25) is 14.9 Å². The van der Waals surface area contributed by atoms with Gasteiger partial charge in [0.1, 0.15) is 5.82 Å². The SMILES string of the molecule is CCn1c(CCC(N)=O)nnc1S[C@H](C)C(=O)NC(=O)NC(C)(C)C. The number of thioether (sulfide) groups is 1. The van der Waals surface area contributed by atoms with E-state index in [1.54, 1.807) is 6.92 Å². The number of urea groups is 1. The molecule has 1 aromatic heterocycles. The summed E-state index contributed by atoms with van der Waals surface area (Å²) in [6.45, 7) is 9.68. The molecule has 0 unspecified atom stereocenters. The van der Waals surface area contributed by atoms with Gasteiger partial charge in [0.25, 0.3) is 0 Å². The second-order valence-electron chi connectivity index (χ2n) is 6.56. The zero-order valence-electron chi connectivity index (χ0n) is 15.3. The van der Waals surface area contributed by atoms with Crippen molar-refractivity contribution < 1.29 is 14.4 Å². The van der Waals surface area contributed by atoms with Crippen LogP contribution in [0.1, 0.15) is 46.9 Å². The van der Waals surface area contributed by atoms with E-state index in [0.29, 0.717) is 23.9 Å². The highest BCUT2D eigenvalue weighted by Crippen LogP contribution is 2.22. The van der Waals surface area contributed by atoms with Gasteiger partial charge in [0.15, 0.2) is 5.16 Å². The molecule has 0 aromatic carbocycles. The van der Waals surface area contributed by atoms with Gasteiger partial charge in [-0.05, 0) is 34.6 Å². The molecule has 0 saturated heterocycles. The van der Waals surface area contributed by atoms with Gasteiger partial charge in [-0.25, -0.2) is 4.79 Å². The molecule has 10 heteroatoms. The van der Waals surface area contributed by atoms with Crippen molar-refractivity contribution in [3.05, 3.63) is 5.82 Å². The van der Waals surface area contributed by atoms with Crippen LogP contribution >= 0.6 is 11.8 Å². The minimum atomic E-state index is -0.538. The molecule has 25 heavy (non-hydrogen) atoms. The molecule has 0 saturated carbocycles. The molecule has 140 valence electrons. The first-order chi connectivity index (χ1) is 11.5. The highest BCUT2D eigenvalue weighted by Gasteiger charge is 2.22. The number of aryl methyl sites for hydroxylation is 1. The molecule has 1 heterocycles. The van der Waals surface area contributed by atoms with Crippen LogP contribution in [-0.4, -0.2) is 43.4 Å². The fraction of sp³-hybridized carbons (Fsp3) is 0.667. The number of nitrogens with zero attached hydrogens (tertiary/aromatic N) is 3. The summed E-state index contributed by atoms with van der Waals surface area (Å²) < 4.78 is 1.83. The minimum absolute atomic E-state index is 0.186. The molecule has 0 aliphatic carbocycles. The Morgan fingerprint density at radius 2 is 1.92 bits per heavy atom. The number of hydrogen-bond donors (Lipinski definition) is 3. The molecule has 9 nitrogen and oxygen atoms in total. The summed E-state index contributed by atoms with van der Waals surface area (Å²) in [5.74, 6) is -0.185. The number of carbonyl (C=O) groups excluding carboxylic acids is 3. The fourth-order valence-corrected chi connectivity index (χ4v) is 2.87. The number of imide groups is 1. The maximum atomic E-state index is 12.2. The first-order valence-electron chi connectivity index (χ1n) is 8.03. The van der Waals surface area contributed by atoms with Gasteiger partial charge >= 0.3 is 6.03 Å². The quantitative estimate of drug-likeness (QED) is 0.609. The average Bonchev–Trinajstić information content (AvgIpc) is 2.84. The van der Waals surface area contributed by atoms with E-state index in [1.807, 2.05) is 32.3 Å². The van der Waals surface area contributed by atoms with Gasteiger partial charge in [-0.2, -0.15) is 0 Å². The molecule has 0 bridgehead atoms. The van der Waals surface area contributed by atoms with E-state index in [0.717, 1.165) is 0 Å². The zero-order valence-corrected chi connectivity index (χ0v) is 16.1. The molecule has 1 aromatic rings. The average molecular weight is 370 g/mol. The second-order valence-corrected chi connectivity index (χ2v) is 7.87. The molecule has 0 aliphatic heterocycles. The van der Waals surface area contributed by atoms with Gasteiger partial charge in [-0.15, -0.1) is 10.2 Å². The Kier molecular flexibility index (Phi) is 7.40. The van der Waals surface area contributed by atoms with Crippen molar-refractivity contribution in [2.24, 2.45) is 5.73 Å². The third-order valence-electron chi connectivity index (χ3n) is 3.08. The highest BCUT2D eigenvalue weighted by atomic mass is 32.2. The van der Waals surface area contributed by atoms with E-state index >= 15 is 0 Å². The topological polar surface area (TPSA) is 132 Å². The van der Waals surface area contributed by atoms with Crippen LogP contribution in [0, 0.1) is 0 Å². The standard InChI is InChI=1S/C15H26N6O3S/c1-6-21-11(8-7-10(16)22)19-20-14(21)25-9(2)12(23)17-13(24)18-15(3,4)5/h9H,6-8H2,1-5H3,(H2,16,22)(H2,17,18,23,24)/t9-/m1/s1. The van der Waals surface area contributed by atoms with Crippen LogP contribution in [0.2, 0.25) is 0 Å². The summed E-state index contributed by atoms with van der Waals surface area (Å²) in [5.41, 5.74) is 4.72. The third kappa shape index (κ3) is 7.12. The zero-order chi connectivity index (χ0) is 19.2. The first-order valence-corrected chi connectivity index (χ1v) is 8.91. The Morgan fingerprint density at radius 1 is 1.28 bits per heavy atom. The summed E-state index contributed by atoms with van der Waals surface area (Å²) in [6, 6.07) is -0.538. The van der Waals surface area contributed by atoms with E-state index in [1.165, 1.54) is 11.8 Å². The van der Waals surface area contributed by atoms with Crippen molar-refractivity contribution >= 4 is 29.6 Å². The van der Waals surface area contributed by atoms with Crippen molar-refractivity contribution in [3.8, 4) is 0 Å². The van der Waals surface area contributed by atoms with Gasteiger partial charge in [0.2, 0.25) is 11.8 Å². The van der Waals surface area contributed by atoms with E-state index in [9.17, 15) is 14.4 Å². The first kappa shape index (κ1) is 20.9. The lowest BCUT2D eigenvalue weighted by atomic mass is 10.1. The number of hydrogen-bond acceptors (Lipinski definition) is 6. The number of aromatic nitrogens is 3. The van der Waals surface area contributed by atoms with Crippen molar-refractivity contribution in [2.45, 2.75) is 70.0 Å². The van der Waals surface area contributed by atoms with Gasteiger partial charge in [-0.1, -0.05) is 11.8 Å². The Bertz CT molecular complexity index is 638. The Morgan fingerprint density at radius 3 is 2.44 bits per heavy atom. The molecular weight excluding hydrogens is 344 g/mol. The highest BCUT2D eigenvalue weighted by molar-refractivity contribution is 8.00. The predicted molar refractivity (Wildman–Crippen MR) is 95.0 cm³/mol. The molecule has 0 radical (unpaired) electrons. The van der Waals surface area contributed by atoms with Crippen molar-refractivity contribution in [2.75, 3.05) is 0 Å². The van der Waals surface area contributed by atoms with Crippen LogP contribution in [0.3, 0.4) is 0 Å². The number of carbonyl (C=O) groups is 3. The monoisotopic (exact) mass is 370 g/mol. The van der Waals surface area contributed by atoms with Crippen LogP contribution in [0.4, 0.5) is 4.79 Å². The maximum Gasteiger partial charge on any atom is 0.321 e. The van der Waals surface area contributed by atoms with Crippen molar-refractivity contribution in [3.63, 3.8) is 0 Å². The second kappa shape index (κ2) is 8.84. The normalized spacial score (nSPS) is 12.5. The summed E-state index contributed by atoms with van der Waals surface area (Å²) in [7, 11) is 0. The summed E-state index contributed by atoms with van der Waals surface area (Å²) in [5, 5.41) is 13.1. The fourth-order valence-electron chi connectivity index (χ4n) is 1.94. The number of nitrogens with two attached hydrogens (primary N) is 1. The third-order valence-corrected chi connectivity index (χ3v) is 4.16. The van der Waals surface area contributed by atoms with Gasteiger partial charge in [0.05, 0.1) is 5.25 Å². The molecule has 1 rings (SSSR count). The lowest BCUT2D eigenvalue weighted by Gasteiger charge is -2.21. The van der Waals surface area contributed by atoms with Crippen molar-refractivity contribution in [1.29, 1.82) is 0 Å². The van der Waals surface area contributed by atoms with Crippen LogP contribution in [0.5, 0.6) is 0 Å². The summed E-state index contributed by atoms with van der Waals surface area (Å²) in [6.07, 6.45) is 0.580. The molecular formula is C15H26N6O3S. The van der Waals surface area contributed by atoms with Crippen LogP contribution in [0.15, 0.2) is 5.16 Å². The van der Waals surface area contributed by atoms with Crippen LogP contribution in [-0.2, 0) is 22.6 Å². The Hall–Kier alpha value is -2.10. The van der Waals surface area contributed by atoms with Crippen molar-refractivity contribution in [1.82, 2.24) is 25.4 Å². The van der Waals surface area contributed by atoms with E-state index in [2.05, 4.69) is 20.8 Å². The number of amides is 4. The number of primary amides is 1. The van der Waals surface area contributed by atoms with E-state index in [4.69, 9.17) is 5.73 Å². The lowest BCUT2D eigenvalue weighted by molar-refractivity contribution is -0.119. The lowest BCUT2D eigenvalue weighted by Crippen LogP contribution is -2.49. The minimum Gasteiger partial charge on any atom is -0.370 e. The largest absolute Gasteiger partial charge is 0.370 e. The van der Waals surface area contributed by atoms with Gasteiger partial charge < -0.3 is 15.6 Å². The smallest absolute Gasteiger partial charge is 0.321 e. The summed E-state index contributed by atoms with van der Waals surface area (Å²) >= 11 is 1.20. The van der Waals surface area contributed by atoms with E-state index < -0.39 is 28.6 Å². The molecule has 0 spiro atoms. The molecule has 0 fully saturated rings. The number of nitrogens with one attached hydrogen (secondary N) is 2. The predicted octanol–water partition coefficient (Wildman–Crippen LogP) is 0.821. The molecule has 4 amide bonds. The summed E-state index contributed by atoms with van der Waals surface area (Å²) in [4.78, 5) is 34.8. The van der Waals surface area contributed by atoms with E-state index in [-0.39, 0.29) is 6.42 Å². The molecule has 4 N–H and O–H groups in total. The van der Waals surface area contributed by atoms with Gasteiger partial charge in [0, 0.05) is 24.9 Å². The molecule has 1 atom stereocenters. The number of rotatable bonds is 7. The molecule has 0 aliphatic rings. The van der Waals surface area contributed by atoms with Crippen LogP contribution in [0.25, 0.3) is 0 Å². The Labute approximate surface area is 151 Å². The maximum absolute atomic E-state index is 12.2. The van der Waals surface area contributed by atoms with Crippen LogP contribution < -0.4 is 16.4 Å².